The van der Waals surface area contributed by atoms with Crippen LogP contribution in [-0.4, -0.2) is 45.0 Å². The normalized spacial score (nSPS) is 16.4. The maximum Gasteiger partial charge on any atom is 0.191 e. The highest BCUT2D eigenvalue weighted by atomic mass is 127. The average Bonchev–Trinajstić information content (AvgIpc) is 2.94. The molecule has 7 heteroatoms. The molecule has 1 atom stereocenters. The Kier molecular flexibility index (Phi) is 8.95. The van der Waals surface area contributed by atoms with Crippen molar-refractivity contribution in [3.05, 3.63) is 23.3 Å². The molecule has 0 fully saturated rings. The molecule has 1 aliphatic rings. The van der Waals surface area contributed by atoms with Gasteiger partial charge in [-0.1, -0.05) is 0 Å². The Hall–Kier alpha value is -1.22. The van der Waals surface area contributed by atoms with Crippen LogP contribution in [0.15, 0.2) is 17.1 Å². The molecule has 0 saturated heterocycles. The standard InChI is InChI=1S/C19H31N3O3.HI/c1-7-24-16-9-14-8-13(2)25-17(14)10-15(16)11-21-18(20-5)22-12-19(3,4)23-6;/h9-10,13H,7-8,11-12H2,1-6H3,(H2,20,21,22);1H. The summed E-state index contributed by atoms with van der Waals surface area (Å²) >= 11 is 0. The lowest BCUT2D eigenvalue weighted by atomic mass is 10.1. The fraction of sp³-hybridized carbons (Fsp3) is 0.632. The van der Waals surface area contributed by atoms with Crippen molar-refractivity contribution in [3.8, 4) is 11.5 Å². The third kappa shape index (κ3) is 6.19. The molecule has 0 radical (unpaired) electrons. The zero-order chi connectivity index (χ0) is 18.4. The third-order valence-corrected chi connectivity index (χ3v) is 4.28. The van der Waals surface area contributed by atoms with Crippen molar-refractivity contribution < 1.29 is 14.2 Å². The molecule has 0 spiro atoms. The highest BCUT2D eigenvalue weighted by Gasteiger charge is 2.22. The van der Waals surface area contributed by atoms with Crippen LogP contribution in [0.25, 0.3) is 0 Å². The van der Waals surface area contributed by atoms with Crippen LogP contribution < -0.4 is 20.1 Å². The Labute approximate surface area is 174 Å². The minimum atomic E-state index is -0.258. The van der Waals surface area contributed by atoms with E-state index in [9.17, 15) is 0 Å². The van der Waals surface area contributed by atoms with Crippen molar-refractivity contribution in [2.75, 3.05) is 27.3 Å². The second-order valence-corrected chi connectivity index (χ2v) is 6.88. The molecule has 1 aromatic carbocycles. The minimum absolute atomic E-state index is 0. The number of hydrogen-bond acceptors (Lipinski definition) is 4. The smallest absolute Gasteiger partial charge is 0.191 e. The van der Waals surface area contributed by atoms with E-state index in [1.807, 2.05) is 20.8 Å². The molecule has 148 valence electrons. The Morgan fingerprint density at radius 3 is 2.69 bits per heavy atom. The van der Waals surface area contributed by atoms with Gasteiger partial charge in [0.2, 0.25) is 0 Å². The third-order valence-electron chi connectivity index (χ3n) is 4.28. The molecule has 0 aromatic heterocycles. The first kappa shape index (κ1) is 22.8. The van der Waals surface area contributed by atoms with Crippen LogP contribution >= 0.6 is 24.0 Å². The first-order chi connectivity index (χ1) is 11.9. The minimum Gasteiger partial charge on any atom is -0.494 e. The lowest BCUT2D eigenvalue weighted by molar-refractivity contribution is 0.0268. The summed E-state index contributed by atoms with van der Waals surface area (Å²) in [6.45, 7) is 10.0. The molecule has 2 rings (SSSR count). The number of benzene rings is 1. The lowest BCUT2D eigenvalue weighted by Gasteiger charge is -2.24. The lowest BCUT2D eigenvalue weighted by Crippen LogP contribution is -2.45. The van der Waals surface area contributed by atoms with Gasteiger partial charge in [-0.15, -0.1) is 24.0 Å². The summed E-state index contributed by atoms with van der Waals surface area (Å²) in [6.07, 6.45) is 1.15. The van der Waals surface area contributed by atoms with Gasteiger partial charge >= 0.3 is 0 Å². The zero-order valence-electron chi connectivity index (χ0n) is 16.6. The number of rotatable bonds is 7. The van der Waals surface area contributed by atoms with E-state index in [1.165, 1.54) is 5.56 Å². The highest BCUT2D eigenvalue weighted by Crippen LogP contribution is 2.35. The van der Waals surface area contributed by atoms with Gasteiger partial charge in [-0.25, -0.2) is 0 Å². The number of methoxy groups -OCH3 is 1. The Balaban J connectivity index is 0.00000338. The molecule has 0 amide bonds. The number of fused-ring (bicyclic) bond motifs is 1. The van der Waals surface area contributed by atoms with Crippen molar-refractivity contribution in [2.24, 2.45) is 4.99 Å². The van der Waals surface area contributed by atoms with Gasteiger partial charge in [0, 0.05) is 44.8 Å². The Morgan fingerprint density at radius 1 is 1.35 bits per heavy atom. The number of guanidine groups is 1. The fourth-order valence-corrected chi connectivity index (χ4v) is 2.68. The number of nitrogens with one attached hydrogen (secondary N) is 2. The number of hydrogen-bond donors (Lipinski definition) is 2. The number of ether oxygens (including phenoxy) is 3. The maximum atomic E-state index is 5.87. The average molecular weight is 477 g/mol. The second-order valence-electron chi connectivity index (χ2n) is 6.88. The zero-order valence-corrected chi connectivity index (χ0v) is 19.0. The van der Waals surface area contributed by atoms with Crippen LogP contribution in [0, 0.1) is 0 Å². The van der Waals surface area contributed by atoms with Gasteiger partial charge in [-0.2, -0.15) is 0 Å². The Morgan fingerprint density at radius 2 is 2.08 bits per heavy atom. The summed E-state index contributed by atoms with van der Waals surface area (Å²) in [6, 6.07) is 4.17. The van der Waals surface area contributed by atoms with E-state index in [1.54, 1.807) is 14.2 Å². The summed E-state index contributed by atoms with van der Waals surface area (Å²) in [5.74, 6) is 2.58. The first-order valence-electron chi connectivity index (χ1n) is 8.83. The monoisotopic (exact) mass is 477 g/mol. The number of aliphatic imine (C=N–C) groups is 1. The van der Waals surface area contributed by atoms with Gasteiger partial charge < -0.3 is 24.8 Å². The fourth-order valence-electron chi connectivity index (χ4n) is 2.68. The van der Waals surface area contributed by atoms with E-state index in [0.29, 0.717) is 19.7 Å². The van der Waals surface area contributed by atoms with E-state index in [2.05, 4.69) is 34.7 Å². The van der Waals surface area contributed by atoms with Crippen molar-refractivity contribution in [2.45, 2.75) is 52.4 Å². The van der Waals surface area contributed by atoms with Crippen LogP contribution in [0.1, 0.15) is 38.8 Å². The SMILES string of the molecule is CCOc1cc2c(cc1CNC(=NC)NCC(C)(C)OC)OC(C)C2.I. The molecule has 0 aliphatic carbocycles. The summed E-state index contributed by atoms with van der Waals surface area (Å²) in [7, 11) is 3.46. The van der Waals surface area contributed by atoms with Gasteiger partial charge in [0.25, 0.3) is 0 Å². The van der Waals surface area contributed by atoms with E-state index in [0.717, 1.165) is 29.4 Å². The van der Waals surface area contributed by atoms with Crippen LogP contribution in [0.4, 0.5) is 0 Å². The van der Waals surface area contributed by atoms with E-state index >= 15 is 0 Å². The predicted molar refractivity (Wildman–Crippen MR) is 116 cm³/mol. The molecule has 1 aliphatic heterocycles. The highest BCUT2D eigenvalue weighted by molar-refractivity contribution is 14.0. The molecule has 0 bridgehead atoms. The quantitative estimate of drug-likeness (QED) is 0.359. The summed E-state index contributed by atoms with van der Waals surface area (Å²) in [5.41, 5.74) is 2.01. The molecule has 0 saturated carbocycles. The molecule has 6 nitrogen and oxygen atoms in total. The number of halogens is 1. The first-order valence-corrected chi connectivity index (χ1v) is 8.83. The van der Waals surface area contributed by atoms with Crippen LogP contribution in [0.2, 0.25) is 0 Å². The molecule has 1 unspecified atom stereocenters. The van der Waals surface area contributed by atoms with Crippen molar-refractivity contribution >= 4 is 29.9 Å². The van der Waals surface area contributed by atoms with Crippen LogP contribution in [0.3, 0.4) is 0 Å². The second kappa shape index (κ2) is 10.2. The van der Waals surface area contributed by atoms with E-state index < -0.39 is 0 Å². The molecule has 1 aromatic rings. The molecule has 2 N–H and O–H groups in total. The number of nitrogens with zero attached hydrogens (tertiary/aromatic N) is 1. The Bertz CT molecular complexity index is 620. The van der Waals surface area contributed by atoms with Crippen molar-refractivity contribution in [1.29, 1.82) is 0 Å². The van der Waals surface area contributed by atoms with Gasteiger partial charge in [-0.05, 0) is 39.8 Å². The van der Waals surface area contributed by atoms with Crippen molar-refractivity contribution in [1.82, 2.24) is 10.6 Å². The molecule has 1 heterocycles. The topological polar surface area (TPSA) is 64.1 Å². The predicted octanol–water partition coefficient (Wildman–Crippen LogP) is 3.12. The van der Waals surface area contributed by atoms with Crippen LogP contribution in [0.5, 0.6) is 11.5 Å². The van der Waals surface area contributed by atoms with Crippen molar-refractivity contribution in [3.63, 3.8) is 0 Å². The van der Waals surface area contributed by atoms with E-state index in [4.69, 9.17) is 14.2 Å². The van der Waals surface area contributed by atoms with Gasteiger partial charge in [-0.3, -0.25) is 4.99 Å². The van der Waals surface area contributed by atoms with Gasteiger partial charge in [0.15, 0.2) is 5.96 Å². The maximum absolute atomic E-state index is 5.87. The summed E-state index contributed by atoms with van der Waals surface area (Å²) < 4.78 is 17.1. The molecule has 26 heavy (non-hydrogen) atoms. The summed E-state index contributed by atoms with van der Waals surface area (Å²) in [5, 5.41) is 6.61. The van der Waals surface area contributed by atoms with Crippen LogP contribution in [-0.2, 0) is 17.7 Å². The van der Waals surface area contributed by atoms with E-state index in [-0.39, 0.29) is 35.7 Å². The molecular formula is C19H32IN3O3. The van der Waals surface area contributed by atoms with Gasteiger partial charge in [0.05, 0.1) is 12.2 Å². The summed E-state index contributed by atoms with van der Waals surface area (Å²) in [4.78, 5) is 4.27. The molecular weight excluding hydrogens is 445 g/mol. The largest absolute Gasteiger partial charge is 0.494 e. The van der Waals surface area contributed by atoms with Gasteiger partial charge in [0.1, 0.15) is 17.6 Å².